The molecule has 0 aliphatic rings. The highest BCUT2D eigenvalue weighted by molar-refractivity contribution is 9.10. The maximum atomic E-state index is 5.42. The lowest BCUT2D eigenvalue weighted by molar-refractivity contribution is 0.247. The van der Waals surface area contributed by atoms with E-state index < -0.39 is 0 Å². The normalized spacial score (nSPS) is 10.6. The predicted molar refractivity (Wildman–Crippen MR) is 78.3 cm³/mol. The average molecular weight is 319 g/mol. The first-order chi connectivity index (χ1) is 9.17. The van der Waals surface area contributed by atoms with Crippen LogP contribution in [0.4, 0.5) is 0 Å². The summed E-state index contributed by atoms with van der Waals surface area (Å²) < 4.78 is 6.30. The van der Waals surface area contributed by atoms with Gasteiger partial charge in [-0.05, 0) is 24.6 Å². The molecule has 3 nitrogen and oxygen atoms in total. The second-order valence-corrected chi connectivity index (χ2v) is 5.33. The van der Waals surface area contributed by atoms with Gasteiger partial charge in [-0.2, -0.15) is 0 Å². The lowest BCUT2D eigenvalue weighted by Crippen LogP contribution is -2.22. The Hall–Kier alpha value is -1.57. The maximum Gasteiger partial charge on any atom is 0.151 e. The number of hydrogen-bond donors (Lipinski definition) is 0. The quantitative estimate of drug-likeness (QED) is 0.791. The molecule has 0 aliphatic heterocycles. The Labute approximate surface area is 121 Å². The molecule has 19 heavy (non-hydrogen) atoms. The number of aromatic nitrogens is 1. The minimum Gasteiger partial charge on any atom is -0.360 e. The molecule has 4 heteroatoms. The summed E-state index contributed by atoms with van der Waals surface area (Å²) in [6.45, 7) is 3.95. The average Bonchev–Trinajstić information content (AvgIpc) is 2.78. The number of rotatable bonds is 5. The van der Waals surface area contributed by atoms with E-state index in [-0.39, 0.29) is 0 Å². The second kappa shape index (κ2) is 6.55. The second-order valence-electron chi connectivity index (χ2n) is 4.41. The zero-order chi connectivity index (χ0) is 13.7. The summed E-state index contributed by atoms with van der Waals surface area (Å²) in [6, 6.07) is 10.2. The van der Waals surface area contributed by atoms with Crippen molar-refractivity contribution < 1.29 is 4.52 Å². The van der Waals surface area contributed by atoms with Crippen LogP contribution in [0.1, 0.15) is 17.0 Å². The smallest absolute Gasteiger partial charge is 0.151 e. The van der Waals surface area contributed by atoms with Crippen molar-refractivity contribution in [1.82, 2.24) is 10.1 Å². The summed E-state index contributed by atoms with van der Waals surface area (Å²) in [5.74, 6) is 3.52. The minimum absolute atomic E-state index is 0.579. The van der Waals surface area contributed by atoms with Crippen LogP contribution in [0.15, 0.2) is 39.3 Å². The van der Waals surface area contributed by atoms with Gasteiger partial charge in [-0.1, -0.05) is 39.1 Å². The number of benzene rings is 1. The lowest BCUT2D eigenvalue weighted by Gasteiger charge is -2.18. The topological polar surface area (TPSA) is 29.3 Å². The van der Waals surface area contributed by atoms with E-state index in [4.69, 9.17) is 10.9 Å². The molecule has 98 valence electrons. The molecule has 0 atom stereocenters. The van der Waals surface area contributed by atoms with Crippen LogP contribution >= 0.6 is 15.9 Å². The van der Waals surface area contributed by atoms with Gasteiger partial charge in [-0.25, -0.2) is 0 Å². The molecule has 1 heterocycles. The third-order valence-corrected chi connectivity index (χ3v) is 3.22. The summed E-state index contributed by atoms with van der Waals surface area (Å²) in [5, 5.41) is 3.89. The molecule has 0 saturated carbocycles. The Morgan fingerprint density at radius 1 is 1.32 bits per heavy atom. The Morgan fingerprint density at radius 2 is 2.05 bits per heavy atom. The molecule has 0 unspecified atom stereocenters. The van der Waals surface area contributed by atoms with E-state index in [0.29, 0.717) is 13.1 Å². The highest BCUT2D eigenvalue weighted by Gasteiger charge is 2.09. The largest absolute Gasteiger partial charge is 0.360 e. The van der Waals surface area contributed by atoms with E-state index >= 15 is 0 Å². The summed E-state index contributed by atoms with van der Waals surface area (Å²) in [5.41, 5.74) is 2.11. The Morgan fingerprint density at radius 3 is 2.63 bits per heavy atom. The van der Waals surface area contributed by atoms with Gasteiger partial charge in [0.25, 0.3) is 0 Å². The Bertz CT molecular complexity index is 569. The molecule has 1 aromatic carbocycles. The zero-order valence-corrected chi connectivity index (χ0v) is 12.4. The molecule has 0 bridgehead atoms. The zero-order valence-electron chi connectivity index (χ0n) is 10.8. The standard InChI is InChI=1S/C15H15BrN2O/c1-3-8-18(11-15-9-12(2)17-19-15)10-13-4-6-14(16)7-5-13/h1,4-7,9H,8,10-11H2,2H3. The fourth-order valence-electron chi connectivity index (χ4n) is 1.86. The predicted octanol–water partition coefficient (Wildman–Crippen LogP) is 3.38. The van der Waals surface area contributed by atoms with Gasteiger partial charge < -0.3 is 4.52 Å². The fourth-order valence-corrected chi connectivity index (χ4v) is 2.12. The van der Waals surface area contributed by atoms with Crippen molar-refractivity contribution in [2.45, 2.75) is 20.0 Å². The Balaban J connectivity index is 2.03. The number of hydrogen-bond acceptors (Lipinski definition) is 3. The van der Waals surface area contributed by atoms with E-state index in [2.05, 4.69) is 44.0 Å². The first kappa shape index (κ1) is 13.9. The van der Waals surface area contributed by atoms with Crippen molar-refractivity contribution in [3.8, 4) is 12.3 Å². The summed E-state index contributed by atoms with van der Waals surface area (Å²) >= 11 is 3.43. The van der Waals surface area contributed by atoms with Gasteiger partial charge in [-0.15, -0.1) is 6.42 Å². The fraction of sp³-hybridized carbons (Fsp3) is 0.267. The molecule has 0 radical (unpaired) electrons. The van der Waals surface area contributed by atoms with E-state index in [1.165, 1.54) is 5.56 Å². The van der Waals surface area contributed by atoms with Crippen molar-refractivity contribution in [1.29, 1.82) is 0 Å². The van der Waals surface area contributed by atoms with Crippen LogP contribution in [0.25, 0.3) is 0 Å². The molecule has 0 aliphatic carbocycles. The number of terminal acetylenes is 1. The van der Waals surface area contributed by atoms with Crippen LogP contribution in [0, 0.1) is 19.3 Å². The number of halogens is 1. The molecular formula is C15H15BrN2O. The summed E-state index contributed by atoms with van der Waals surface area (Å²) in [4.78, 5) is 2.14. The molecule has 0 saturated heterocycles. The summed E-state index contributed by atoms with van der Waals surface area (Å²) in [6.07, 6.45) is 5.42. The lowest BCUT2D eigenvalue weighted by atomic mass is 10.2. The van der Waals surface area contributed by atoms with E-state index in [1.807, 2.05) is 25.1 Å². The first-order valence-corrected chi connectivity index (χ1v) is 6.79. The van der Waals surface area contributed by atoms with Crippen LogP contribution < -0.4 is 0 Å². The maximum absolute atomic E-state index is 5.42. The third-order valence-electron chi connectivity index (χ3n) is 2.69. The minimum atomic E-state index is 0.579. The van der Waals surface area contributed by atoms with Gasteiger partial charge in [0.15, 0.2) is 5.76 Å². The molecular weight excluding hydrogens is 304 g/mol. The molecule has 0 fully saturated rings. The van der Waals surface area contributed by atoms with Gasteiger partial charge >= 0.3 is 0 Å². The van der Waals surface area contributed by atoms with Crippen LogP contribution in [0.5, 0.6) is 0 Å². The van der Waals surface area contributed by atoms with Crippen molar-refractivity contribution in [3.05, 3.63) is 51.8 Å². The molecule has 0 amide bonds. The SMILES string of the molecule is C#CCN(Cc1ccc(Br)cc1)Cc1cc(C)no1. The molecule has 2 rings (SSSR count). The number of aryl methyl sites for hydroxylation is 1. The van der Waals surface area contributed by atoms with Crippen molar-refractivity contribution in [2.75, 3.05) is 6.54 Å². The first-order valence-electron chi connectivity index (χ1n) is 6.00. The van der Waals surface area contributed by atoms with Crippen molar-refractivity contribution in [3.63, 3.8) is 0 Å². The van der Waals surface area contributed by atoms with Gasteiger partial charge in [-0.3, -0.25) is 4.90 Å². The highest BCUT2D eigenvalue weighted by atomic mass is 79.9. The molecule has 2 aromatic rings. The monoisotopic (exact) mass is 318 g/mol. The molecule has 0 spiro atoms. The van der Waals surface area contributed by atoms with Crippen LogP contribution in [-0.4, -0.2) is 16.6 Å². The van der Waals surface area contributed by atoms with E-state index in [9.17, 15) is 0 Å². The van der Waals surface area contributed by atoms with Crippen LogP contribution in [0.3, 0.4) is 0 Å². The number of nitrogens with zero attached hydrogens (tertiary/aromatic N) is 2. The van der Waals surface area contributed by atoms with Gasteiger partial charge in [0, 0.05) is 17.1 Å². The molecule has 0 N–H and O–H groups in total. The van der Waals surface area contributed by atoms with Gasteiger partial charge in [0.1, 0.15) is 0 Å². The van der Waals surface area contributed by atoms with Gasteiger partial charge in [0.05, 0.1) is 18.8 Å². The third kappa shape index (κ3) is 4.23. The summed E-state index contributed by atoms with van der Waals surface area (Å²) in [7, 11) is 0. The Kier molecular flexibility index (Phi) is 4.78. The van der Waals surface area contributed by atoms with E-state index in [0.717, 1.165) is 22.5 Å². The van der Waals surface area contributed by atoms with Crippen molar-refractivity contribution in [2.24, 2.45) is 0 Å². The highest BCUT2D eigenvalue weighted by Crippen LogP contribution is 2.14. The van der Waals surface area contributed by atoms with Crippen LogP contribution in [0.2, 0.25) is 0 Å². The molecule has 1 aromatic heterocycles. The van der Waals surface area contributed by atoms with Crippen LogP contribution in [-0.2, 0) is 13.1 Å². The van der Waals surface area contributed by atoms with E-state index in [1.54, 1.807) is 0 Å². The van der Waals surface area contributed by atoms with Gasteiger partial charge in [0.2, 0.25) is 0 Å². The van der Waals surface area contributed by atoms with Crippen molar-refractivity contribution >= 4 is 15.9 Å².